The molecule has 0 radical (unpaired) electrons. The number of carbonyl (C=O) groups is 1. The molecule has 0 atom stereocenters. The molecule has 2 N–H and O–H groups in total. The van der Waals surface area contributed by atoms with Gasteiger partial charge in [-0.1, -0.05) is 0 Å². The number of ether oxygens (including phenoxy) is 1. The number of anilines is 1. The second kappa shape index (κ2) is 8.54. The van der Waals surface area contributed by atoms with Crippen molar-refractivity contribution >= 4 is 11.7 Å². The van der Waals surface area contributed by atoms with Gasteiger partial charge in [-0.3, -0.25) is 0 Å². The summed E-state index contributed by atoms with van der Waals surface area (Å²) in [5, 5.41) is 6.08. The number of hydrogen-bond acceptors (Lipinski definition) is 4. The molecular weight excluding hydrogens is 316 g/mol. The SMILES string of the molecule is CN(C)CCN1CCC(NC(=O)Nc2ccc3c(c2)CCCO3)CC1. The molecular formula is C19H30N4O2. The number of likely N-dealkylation sites (N-methyl/N-ethyl adjacent to an activating group) is 1. The van der Waals surface area contributed by atoms with Gasteiger partial charge in [0.05, 0.1) is 6.61 Å². The maximum atomic E-state index is 12.3. The average molecular weight is 346 g/mol. The van der Waals surface area contributed by atoms with Crippen LogP contribution in [-0.2, 0) is 6.42 Å². The first-order valence-corrected chi connectivity index (χ1v) is 9.30. The van der Waals surface area contributed by atoms with E-state index in [4.69, 9.17) is 4.74 Å². The molecule has 25 heavy (non-hydrogen) atoms. The molecule has 1 saturated heterocycles. The molecule has 6 heteroatoms. The highest BCUT2D eigenvalue weighted by Gasteiger charge is 2.20. The van der Waals surface area contributed by atoms with Gasteiger partial charge in [-0.2, -0.15) is 0 Å². The second-order valence-electron chi connectivity index (χ2n) is 7.29. The summed E-state index contributed by atoms with van der Waals surface area (Å²) in [6.07, 6.45) is 4.07. The fourth-order valence-electron chi connectivity index (χ4n) is 3.43. The zero-order valence-electron chi connectivity index (χ0n) is 15.4. The van der Waals surface area contributed by atoms with Gasteiger partial charge in [0.2, 0.25) is 0 Å². The average Bonchev–Trinajstić information content (AvgIpc) is 2.61. The van der Waals surface area contributed by atoms with Crippen molar-refractivity contribution in [1.29, 1.82) is 0 Å². The van der Waals surface area contributed by atoms with Crippen LogP contribution in [0.4, 0.5) is 10.5 Å². The number of piperidine rings is 1. The van der Waals surface area contributed by atoms with Crippen molar-refractivity contribution < 1.29 is 9.53 Å². The third-order valence-corrected chi connectivity index (χ3v) is 4.95. The summed E-state index contributed by atoms with van der Waals surface area (Å²) in [5.41, 5.74) is 2.02. The van der Waals surface area contributed by atoms with E-state index in [0.717, 1.165) is 69.9 Å². The van der Waals surface area contributed by atoms with Gasteiger partial charge in [-0.05, 0) is 63.5 Å². The van der Waals surface area contributed by atoms with Crippen LogP contribution in [0.5, 0.6) is 5.75 Å². The van der Waals surface area contributed by atoms with E-state index in [1.165, 1.54) is 5.56 Å². The molecule has 2 amide bonds. The lowest BCUT2D eigenvalue weighted by atomic mass is 10.1. The molecule has 0 spiro atoms. The summed E-state index contributed by atoms with van der Waals surface area (Å²) in [6.45, 7) is 5.07. The summed E-state index contributed by atoms with van der Waals surface area (Å²) >= 11 is 0. The van der Waals surface area contributed by atoms with Crippen molar-refractivity contribution in [1.82, 2.24) is 15.1 Å². The molecule has 2 aliphatic rings. The smallest absolute Gasteiger partial charge is 0.319 e. The number of likely N-dealkylation sites (tertiary alicyclic amines) is 1. The molecule has 1 aromatic rings. The summed E-state index contributed by atoms with van der Waals surface area (Å²) in [4.78, 5) is 17.0. The highest BCUT2D eigenvalue weighted by molar-refractivity contribution is 5.89. The fourth-order valence-corrected chi connectivity index (χ4v) is 3.43. The number of urea groups is 1. The van der Waals surface area contributed by atoms with E-state index >= 15 is 0 Å². The van der Waals surface area contributed by atoms with E-state index in [2.05, 4.69) is 34.5 Å². The predicted molar refractivity (Wildman–Crippen MR) is 100 cm³/mol. The van der Waals surface area contributed by atoms with E-state index in [9.17, 15) is 4.79 Å². The van der Waals surface area contributed by atoms with Crippen molar-refractivity contribution in [2.75, 3.05) is 52.2 Å². The molecule has 1 aromatic carbocycles. The van der Waals surface area contributed by atoms with Crippen molar-refractivity contribution in [3.63, 3.8) is 0 Å². The maximum Gasteiger partial charge on any atom is 0.319 e. The van der Waals surface area contributed by atoms with E-state index < -0.39 is 0 Å². The predicted octanol–water partition coefficient (Wildman–Crippen LogP) is 2.16. The van der Waals surface area contributed by atoms with Crippen LogP contribution < -0.4 is 15.4 Å². The number of carbonyl (C=O) groups excluding carboxylic acids is 1. The maximum absolute atomic E-state index is 12.3. The lowest BCUT2D eigenvalue weighted by Gasteiger charge is -2.32. The molecule has 1 fully saturated rings. The van der Waals surface area contributed by atoms with E-state index in [0.29, 0.717) is 0 Å². The third-order valence-electron chi connectivity index (χ3n) is 4.95. The van der Waals surface area contributed by atoms with Crippen molar-refractivity contribution in [2.45, 2.75) is 31.7 Å². The molecule has 6 nitrogen and oxygen atoms in total. The van der Waals surface area contributed by atoms with Gasteiger partial charge >= 0.3 is 6.03 Å². The lowest BCUT2D eigenvalue weighted by molar-refractivity contribution is 0.182. The Hall–Kier alpha value is -1.79. The minimum absolute atomic E-state index is 0.108. The number of amides is 2. The van der Waals surface area contributed by atoms with Gasteiger partial charge in [0, 0.05) is 37.9 Å². The van der Waals surface area contributed by atoms with Crippen LogP contribution in [0.2, 0.25) is 0 Å². The van der Waals surface area contributed by atoms with Crippen LogP contribution in [0, 0.1) is 0 Å². The zero-order valence-corrected chi connectivity index (χ0v) is 15.4. The Labute approximate surface area is 150 Å². The summed E-state index contributed by atoms with van der Waals surface area (Å²) in [5.74, 6) is 0.947. The van der Waals surface area contributed by atoms with E-state index in [1.54, 1.807) is 0 Å². The Morgan fingerprint density at radius 3 is 2.88 bits per heavy atom. The van der Waals surface area contributed by atoms with Crippen molar-refractivity contribution in [2.24, 2.45) is 0 Å². The van der Waals surface area contributed by atoms with E-state index in [1.807, 2.05) is 18.2 Å². The van der Waals surface area contributed by atoms with Gasteiger partial charge in [0.1, 0.15) is 5.75 Å². The monoisotopic (exact) mass is 346 g/mol. The fraction of sp³-hybridized carbons (Fsp3) is 0.632. The van der Waals surface area contributed by atoms with Crippen LogP contribution in [0.1, 0.15) is 24.8 Å². The Bertz CT molecular complexity index is 583. The Morgan fingerprint density at radius 1 is 1.32 bits per heavy atom. The normalized spacial score (nSPS) is 18.5. The first-order chi connectivity index (χ1) is 12.1. The van der Waals surface area contributed by atoms with Crippen LogP contribution in [0.25, 0.3) is 0 Å². The number of rotatable bonds is 5. The Balaban J connectivity index is 1.43. The first kappa shape index (κ1) is 18.0. The molecule has 0 aliphatic carbocycles. The molecule has 0 bridgehead atoms. The van der Waals surface area contributed by atoms with Gasteiger partial charge in [-0.25, -0.2) is 4.79 Å². The van der Waals surface area contributed by atoms with Crippen LogP contribution in [-0.4, -0.2) is 68.8 Å². The molecule has 138 valence electrons. The molecule has 0 aromatic heterocycles. The standard InChI is InChI=1S/C19H30N4O2/c1-22(2)11-12-23-9-7-16(8-10-23)20-19(24)21-17-5-6-18-15(14-17)4-3-13-25-18/h5-6,14,16H,3-4,7-13H2,1-2H3,(H2,20,21,24). The van der Waals surface area contributed by atoms with Gasteiger partial charge in [0.25, 0.3) is 0 Å². The number of nitrogens with zero attached hydrogens (tertiary/aromatic N) is 2. The molecule has 3 rings (SSSR count). The van der Waals surface area contributed by atoms with Crippen LogP contribution in [0.3, 0.4) is 0 Å². The number of hydrogen-bond donors (Lipinski definition) is 2. The number of benzene rings is 1. The first-order valence-electron chi connectivity index (χ1n) is 9.30. The Morgan fingerprint density at radius 2 is 2.12 bits per heavy atom. The van der Waals surface area contributed by atoms with Gasteiger partial charge in [-0.15, -0.1) is 0 Å². The van der Waals surface area contributed by atoms with Crippen LogP contribution in [0.15, 0.2) is 18.2 Å². The number of nitrogens with one attached hydrogen (secondary N) is 2. The van der Waals surface area contributed by atoms with Crippen molar-refractivity contribution in [3.05, 3.63) is 23.8 Å². The minimum Gasteiger partial charge on any atom is -0.493 e. The third kappa shape index (κ3) is 5.34. The Kier molecular flexibility index (Phi) is 6.15. The van der Waals surface area contributed by atoms with Crippen LogP contribution >= 0.6 is 0 Å². The summed E-state index contributed by atoms with van der Waals surface area (Å²) in [6, 6.07) is 6.04. The van der Waals surface area contributed by atoms with E-state index in [-0.39, 0.29) is 12.1 Å². The summed E-state index contributed by atoms with van der Waals surface area (Å²) < 4.78 is 5.61. The summed E-state index contributed by atoms with van der Waals surface area (Å²) in [7, 11) is 4.21. The highest BCUT2D eigenvalue weighted by atomic mass is 16.5. The van der Waals surface area contributed by atoms with Crippen molar-refractivity contribution in [3.8, 4) is 5.75 Å². The lowest BCUT2D eigenvalue weighted by Crippen LogP contribution is -2.47. The minimum atomic E-state index is -0.108. The zero-order chi connectivity index (χ0) is 17.6. The molecule has 0 unspecified atom stereocenters. The van der Waals surface area contributed by atoms with Gasteiger partial charge in [0.15, 0.2) is 0 Å². The highest BCUT2D eigenvalue weighted by Crippen LogP contribution is 2.27. The molecule has 2 aliphatic heterocycles. The topological polar surface area (TPSA) is 56.8 Å². The number of fused-ring (bicyclic) bond motifs is 1. The quantitative estimate of drug-likeness (QED) is 0.858. The number of aryl methyl sites for hydroxylation is 1. The second-order valence-corrected chi connectivity index (χ2v) is 7.29. The molecule has 0 saturated carbocycles. The van der Waals surface area contributed by atoms with Gasteiger partial charge < -0.3 is 25.2 Å². The largest absolute Gasteiger partial charge is 0.493 e. The molecule has 2 heterocycles.